The molecular formula is C17H25N3. The summed E-state index contributed by atoms with van der Waals surface area (Å²) in [7, 11) is 0. The lowest BCUT2D eigenvalue weighted by atomic mass is 9.93. The van der Waals surface area contributed by atoms with Crippen molar-refractivity contribution in [3.05, 3.63) is 52.6 Å². The van der Waals surface area contributed by atoms with Crippen LogP contribution < -0.4 is 5.32 Å². The number of hydrogen-bond acceptors (Lipinski definition) is 2. The van der Waals surface area contributed by atoms with Gasteiger partial charge in [0.15, 0.2) is 0 Å². The highest BCUT2D eigenvalue weighted by atomic mass is 15.1. The fourth-order valence-corrected chi connectivity index (χ4v) is 3.02. The Balaban J connectivity index is 2.54. The lowest BCUT2D eigenvalue weighted by Crippen LogP contribution is -2.26. The molecule has 0 radical (unpaired) electrons. The summed E-state index contributed by atoms with van der Waals surface area (Å²) in [6.45, 7) is 12.7. The van der Waals surface area contributed by atoms with E-state index in [1.807, 2.05) is 6.20 Å². The molecule has 2 rings (SSSR count). The Morgan fingerprint density at radius 1 is 1.15 bits per heavy atom. The number of hydrogen-bond donors (Lipinski definition) is 1. The summed E-state index contributed by atoms with van der Waals surface area (Å²) >= 11 is 0. The van der Waals surface area contributed by atoms with Gasteiger partial charge >= 0.3 is 0 Å². The van der Waals surface area contributed by atoms with Crippen LogP contribution in [0.25, 0.3) is 0 Å². The van der Waals surface area contributed by atoms with Crippen LogP contribution >= 0.6 is 0 Å². The average molecular weight is 271 g/mol. The molecule has 0 amide bonds. The lowest BCUT2D eigenvalue weighted by Gasteiger charge is -2.23. The van der Waals surface area contributed by atoms with E-state index in [9.17, 15) is 0 Å². The smallest absolute Gasteiger partial charge is 0.130 e. The molecule has 0 bridgehead atoms. The normalized spacial score (nSPS) is 12.7. The van der Waals surface area contributed by atoms with Crippen LogP contribution in [0.2, 0.25) is 0 Å². The Kier molecular flexibility index (Phi) is 4.61. The maximum absolute atomic E-state index is 4.59. The van der Waals surface area contributed by atoms with Gasteiger partial charge in [-0.25, -0.2) is 4.98 Å². The van der Waals surface area contributed by atoms with Gasteiger partial charge in [0.05, 0.1) is 6.04 Å². The van der Waals surface area contributed by atoms with E-state index in [1.54, 1.807) is 0 Å². The second kappa shape index (κ2) is 6.23. The maximum Gasteiger partial charge on any atom is 0.130 e. The molecule has 1 N–H and O–H groups in total. The first-order valence-corrected chi connectivity index (χ1v) is 7.40. The van der Waals surface area contributed by atoms with Gasteiger partial charge in [0.1, 0.15) is 5.82 Å². The Morgan fingerprint density at radius 2 is 1.80 bits per heavy atom. The lowest BCUT2D eigenvalue weighted by molar-refractivity contribution is 0.555. The number of imidazole rings is 1. The molecule has 1 aromatic carbocycles. The van der Waals surface area contributed by atoms with Gasteiger partial charge in [-0.2, -0.15) is 0 Å². The van der Waals surface area contributed by atoms with Crippen LogP contribution in [0.1, 0.15) is 48.0 Å². The summed E-state index contributed by atoms with van der Waals surface area (Å²) in [5, 5.41) is 3.59. The molecule has 0 fully saturated rings. The number of nitrogens with zero attached hydrogens (tertiary/aromatic N) is 2. The first-order valence-electron chi connectivity index (χ1n) is 7.40. The highest BCUT2D eigenvalue weighted by Crippen LogP contribution is 2.28. The van der Waals surface area contributed by atoms with Gasteiger partial charge in [-0.05, 0) is 50.9 Å². The summed E-state index contributed by atoms with van der Waals surface area (Å²) in [6.07, 6.45) is 3.94. The highest BCUT2D eigenvalue weighted by Gasteiger charge is 2.21. The van der Waals surface area contributed by atoms with Crippen molar-refractivity contribution in [2.24, 2.45) is 0 Å². The molecule has 1 atom stereocenters. The van der Waals surface area contributed by atoms with E-state index < -0.39 is 0 Å². The van der Waals surface area contributed by atoms with Crippen LogP contribution in [0.5, 0.6) is 0 Å². The first-order chi connectivity index (χ1) is 9.58. The van der Waals surface area contributed by atoms with E-state index in [4.69, 9.17) is 0 Å². The molecule has 0 saturated carbocycles. The minimum absolute atomic E-state index is 0.163. The minimum Gasteiger partial charge on any atom is -0.334 e. The highest BCUT2D eigenvalue weighted by molar-refractivity contribution is 5.42. The van der Waals surface area contributed by atoms with Crippen molar-refractivity contribution in [3.63, 3.8) is 0 Å². The average Bonchev–Trinajstić information content (AvgIpc) is 2.84. The van der Waals surface area contributed by atoms with Gasteiger partial charge in [0.2, 0.25) is 0 Å². The maximum atomic E-state index is 4.59. The van der Waals surface area contributed by atoms with E-state index in [0.29, 0.717) is 0 Å². The molecule has 0 spiro atoms. The SMILES string of the molecule is CCNC(c1c(C)cc(C)cc1C)c1nccn1CC. The zero-order valence-electron chi connectivity index (χ0n) is 13.2. The summed E-state index contributed by atoms with van der Waals surface area (Å²) in [5.74, 6) is 1.10. The Labute approximate surface area is 122 Å². The molecule has 1 heterocycles. The third-order valence-corrected chi connectivity index (χ3v) is 3.78. The second-order valence-corrected chi connectivity index (χ2v) is 5.37. The summed E-state index contributed by atoms with van der Waals surface area (Å²) < 4.78 is 2.21. The van der Waals surface area contributed by atoms with Gasteiger partial charge < -0.3 is 9.88 Å². The monoisotopic (exact) mass is 271 g/mol. The van der Waals surface area contributed by atoms with Crippen LogP contribution in [0.4, 0.5) is 0 Å². The largest absolute Gasteiger partial charge is 0.334 e. The molecule has 2 aromatic rings. The third kappa shape index (κ3) is 2.78. The van der Waals surface area contributed by atoms with Gasteiger partial charge in [-0.3, -0.25) is 0 Å². The van der Waals surface area contributed by atoms with Crippen molar-refractivity contribution in [2.45, 2.75) is 47.2 Å². The van der Waals surface area contributed by atoms with Crippen molar-refractivity contribution in [1.29, 1.82) is 0 Å². The molecule has 20 heavy (non-hydrogen) atoms. The molecule has 0 aliphatic rings. The predicted octanol–water partition coefficient (Wildman–Crippen LogP) is 3.53. The number of aromatic nitrogens is 2. The van der Waals surface area contributed by atoms with Crippen molar-refractivity contribution in [1.82, 2.24) is 14.9 Å². The van der Waals surface area contributed by atoms with Crippen molar-refractivity contribution in [3.8, 4) is 0 Å². The molecule has 108 valence electrons. The van der Waals surface area contributed by atoms with Crippen molar-refractivity contribution >= 4 is 0 Å². The number of benzene rings is 1. The fourth-order valence-electron chi connectivity index (χ4n) is 3.02. The van der Waals surface area contributed by atoms with Crippen LogP contribution in [0.15, 0.2) is 24.5 Å². The van der Waals surface area contributed by atoms with E-state index in [-0.39, 0.29) is 6.04 Å². The van der Waals surface area contributed by atoms with Crippen LogP contribution in [0.3, 0.4) is 0 Å². The topological polar surface area (TPSA) is 29.9 Å². The molecule has 1 unspecified atom stereocenters. The predicted molar refractivity (Wildman–Crippen MR) is 84.1 cm³/mol. The second-order valence-electron chi connectivity index (χ2n) is 5.37. The molecule has 3 nitrogen and oxygen atoms in total. The molecule has 0 aliphatic heterocycles. The summed E-state index contributed by atoms with van der Waals surface area (Å²) in [6, 6.07) is 4.67. The van der Waals surface area contributed by atoms with Crippen LogP contribution in [0, 0.1) is 20.8 Å². The molecular weight excluding hydrogens is 246 g/mol. The van der Waals surface area contributed by atoms with Gasteiger partial charge in [0, 0.05) is 18.9 Å². The minimum atomic E-state index is 0.163. The van der Waals surface area contributed by atoms with E-state index >= 15 is 0 Å². The standard InChI is InChI=1S/C17H25N3/c1-6-18-16(17-19-8-9-20(17)7-2)15-13(4)10-12(3)11-14(15)5/h8-11,16,18H,6-7H2,1-5H3. The van der Waals surface area contributed by atoms with E-state index in [1.165, 1.54) is 22.3 Å². The number of rotatable bonds is 5. The number of nitrogens with one attached hydrogen (secondary N) is 1. The molecule has 3 heteroatoms. The first kappa shape index (κ1) is 14.8. The zero-order valence-corrected chi connectivity index (χ0v) is 13.2. The number of aryl methyl sites for hydroxylation is 4. The van der Waals surface area contributed by atoms with Crippen LogP contribution in [-0.2, 0) is 6.54 Å². The summed E-state index contributed by atoms with van der Waals surface area (Å²) in [4.78, 5) is 4.59. The van der Waals surface area contributed by atoms with Gasteiger partial charge in [-0.15, -0.1) is 0 Å². The quantitative estimate of drug-likeness (QED) is 0.901. The zero-order chi connectivity index (χ0) is 14.7. The Bertz CT molecular complexity index is 561. The fraction of sp³-hybridized carbons (Fsp3) is 0.471. The summed E-state index contributed by atoms with van der Waals surface area (Å²) in [5.41, 5.74) is 5.34. The third-order valence-electron chi connectivity index (χ3n) is 3.78. The Hall–Kier alpha value is -1.61. The van der Waals surface area contributed by atoms with E-state index in [2.05, 4.69) is 67.8 Å². The Morgan fingerprint density at radius 3 is 2.35 bits per heavy atom. The van der Waals surface area contributed by atoms with Crippen LogP contribution in [-0.4, -0.2) is 16.1 Å². The van der Waals surface area contributed by atoms with Gasteiger partial charge in [0.25, 0.3) is 0 Å². The van der Waals surface area contributed by atoms with Gasteiger partial charge in [-0.1, -0.05) is 24.6 Å². The molecule has 1 aromatic heterocycles. The van der Waals surface area contributed by atoms with E-state index in [0.717, 1.165) is 18.9 Å². The molecule has 0 aliphatic carbocycles. The van der Waals surface area contributed by atoms with Crippen molar-refractivity contribution < 1.29 is 0 Å². The van der Waals surface area contributed by atoms with Crippen molar-refractivity contribution in [2.75, 3.05) is 6.54 Å². The molecule has 0 saturated heterocycles.